The highest BCUT2D eigenvalue weighted by Crippen LogP contribution is 2.17. The lowest BCUT2D eigenvalue weighted by Gasteiger charge is -2.20. The van der Waals surface area contributed by atoms with Crippen LogP contribution in [0.4, 0.5) is 4.39 Å². The molecule has 0 bridgehead atoms. The van der Waals surface area contributed by atoms with Gasteiger partial charge in [-0.05, 0) is 43.7 Å². The molecular formula is C20H23FN2O3S. The predicted octanol–water partition coefficient (Wildman–Crippen LogP) is 3.32. The fourth-order valence-corrected chi connectivity index (χ4v) is 3.33. The molecule has 0 fully saturated rings. The summed E-state index contributed by atoms with van der Waals surface area (Å²) in [6.45, 7) is 4.30. The molecule has 0 radical (unpaired) electrons. The van der Waals surface area contributed by atoms with Crippen LogP contribution < -0.4 is 5.32 Å². The third-order valence-electron chi connectivity index (χ3n) is 4.05. The van der Waals surface area contributed by atoms with Crippen molar-refractivity contribution in [2.24, 2.45) is 0 Å². The number of likely N-dealkylation sites (N-methyl/N-ethyl adjacent to an activating group) is 1. The zero-order chi connectivity index (χ0) is 19.8. The summed E-state index contributed by atoms with van der Waals surface area (Å²) in [5.41, 5.74) is 0.774. The van der Waals surface area contributed by atoms with Gasteiger partial charge in [0.05, 0.1) is 11.4 Å². The molecule has 0 aliphatic rings. The van der Waals surface area contributed by atoms with Crippen molar-refractivity contribution in [2.45, 2.75) is 33.2 Å². The number of ketones is 1. The van der Waals surface area contributed by atoms with Gasteiger partial charge in [0.25, 0.3) is 0 Å². The average Bonchev–Trinajstić information content (AvgIpc) is 3.10. The van der Waals surface area contributed by atoms with E-state index in [1.807, 2.05) is 13.0 Å². The van der Waals surface area contributed by atoms with E-state index >= 15 is 0 Å². The Morgan fingerprint density at radius 2 is 1.78 bits per heavy atom. The molecular weight excluding hydrogens is 367 g/mol. The van der Waals surface area contributed by atoms with Crippen LogP contribution in [0.5, 0.6) is 0 Å². The number of hydrogen-bond acceptors (Lipinski definition) is 4. The molecule has 144 valence electrons. The molecule has 0 aliphatic carbocycles. The molecule has 2 amide bonds. The molecule has 5 nitrogen and oxygen atoms in total. The second-order valence-corrected chi connectivity index (χ2v) is 7.43. The van der Waals surface area contributed by atoms with E-state index in [0.717, 1.165) is 10.4 Å². The van der Waals surface area contributed by atoms with Gasteiger partial charge in [0.15, 0.2) is 5.78 Å². The van der Waals surface area contributed by atoms with E-state index in [9.17, 15) is 18.8 Å². The molecule has 1 aromatic heterocycles. The van der Waals surface area contributed by atoms with Gasteiger partial charge in [-0.2, -0.15) is 0 Å². The lowest BCUT2D eigenvalue weighted by molar-refractivity contribution is -0.135. The van der Waals surface area contributed by atoms with Crippen molar-refractivity contribution in [3.8, 4) is 0 Å². The van der Waals surface area contributed by atoms with Crippen molar-refractivity contribution in [2.75, 3.05) is 13.1 Å². The maximum Gasteiger partial charge on any atom is 0.239 e. The second-order valence-electron chi connectivity index (χ2n) is 6.14. The van der Waals surface area contributed by atoms with Crippen molar-refractivity contribution < 1.29 is 18.8 Å². The minimum atomic E-state index is -0.333. The number of carbonyl (C=O) groups is 3. The van der Waals surface area contributed by atoms with Crippen molar-refractivity contribution in [1.29, 1.82) is 0 Å². The van der Waals surface area contributed by atoms with Crippen LogP contribution >= 0.6 is 11.3 Å². The number of thiophene rings is 1. The summed E-state index contributed by atoms with van der Waals surface area (Å²) < 4.78 is 12.9. The summed E-state index contributed by atoms with van der Waals surface area (Å²) in [7, 11) is 0. The van der Waals surface area contributed by atoms with Crippen LogP contribution in [0.1, 0.15) is 39.9 Å². The number of amides is 2. The van der Waals surface area contributed by atoms with Crippen LogP contribution in [0.3, 0.4) is 0 Å². The molecule has 27 heavy (non-hydrogen) atoms. The summed E-state index contributed by atoms with van der Waals surface area (Å²) in [4.78, 5) is 39.6. The molecule has 0 unspecified atom stereocenters. The number of nitrogens with zero attached hydrogens (tertiary/aromatic N) is 1. The number of aryl methyl sites for hydroxylation is 1. The summed E-state index contributed by atoms with van der Waals surface area (Å²) in [6.07, 6.45) is 0.210. The molecule has 0 spiro atoms. The molecule has 1 heterocycles. The Balaban J connectivity index is 1.78. The van der Waals surface area contributed by atoms with E-state index in [2.05, 4.69) is 5.32 Å². The summed E-state index contributed by atoms with van der Waals surface area (Å²) in [6, 6.07) is 9.49. The molecule has 1 N–H and O–H groups in total. The Hall–Kier alpha value is -2.54. The van der Waals surface area contributed by atoms with Gasteiger partial charge < -0.3 is 10.2 Å². The number of carbonyl (C=O) groups excluding carboxylic acids is 3. The molecule has 0 aliphatic heterocycles. The number of hydrogen-bond donors (Lipinski definition) is 1. The van der Waals surface area contributed by atoms with Gasteiger partial charge in [0.1, 0.15) is 5.82 Å². The standard InChI is InChI=1S/C20H23FN2O3S/c1-3-23(13-19(25)22-12-15-5-7-16(21)8-6-15)20(26)11-9-17(24)18-10-4-14(2)27-18/h4-8,10H,3,9,11-13H2,1-2H3,(H,22,25). The minimum absolute atomic E-state index is 0.0572. The van der Waals surface area contributed by atoms with Gasteiger partial charge in [-0.25, -0.2) is 4.39 Å². The normalized spacial score (nSPS) is 10.5. The minimum Gasteiger partial charge on any atom is -0.350 e. The molecule has 0 saturated carbocycles. The maximum atomic E-state index is 12.9. The topological polar surface area (TPSA) is 66.5 Å². The van der Waals surface area contributed by atoms with Gasteiger partial charge in [-0.15, -0.1) is 11.3 Å². The van der Waals surface area contributed by atoms with E-state index in [0.29, 0.717) is 11.4 Å². The number of rotatable bonds is 9. The zero-order valence-corrected chi connectivity index (χ0v) is 16.3. The highest BCUT2D eigenvalue weighted by molar-refractivity contribution is 7.14. The Kier molecular flexibility index (Phi) is 7.67. The van der Waals surface area contributed by atoms with Gasteiger partial charge >= 0.3 is 0 Å². The number of Topliss-reactive ketones (excluding diaryl/α,β-unsaturated/α-hetero) is 1. The third-order valence-corrected chi connectivity index (χ3v) is 5.09. The summed E-state index contributed by atoms with van der Waals surface area (Å²) in [5, 5.41) is 2.71. The second kappa shape index (κ2) is 9.97. The highest BCUT2D eigenvalue weighted by Gasteiger charge is 2.17. The molecule has 2 rings (SSSR count). The first-order chi connectivity index (χ1) is 12.9. The Morgan fingerprint density at radius 1 is 1.07 bits per heavy atom. The fraction of sp³-hybridized carbons (Fsp3) is 0.350. The zero-order valence-electron chi connectivity index (χ0n) is 15.5. The van der Waals surface area contributed by atoms with E-state index in [1.165, 1.54) is 28.4 Å². The van der Waals surface area contributed by atoms with E-state index in [-0.39, 0.29) is 49.3 Å². The van der Waals surface area contributed by atoms with Gasteiger partial charge in [0.2, 0.25) is 11.8 Å². The SMILES string of the molecule is CCN(CC(=O)NCc1ccc(F)cc1)C(=O)CCC(=O)c1ccc(C)s1. The molecule has 7 heteroatoms. The van der Waals surface area contributed by atoms with Gasteiger partial charge in [0, 0.05) is 30.8 Å². The lowest BCUT2D eigenvalue weighted by atomic mass is 10.1. The van der Waals surface area contributed by atoms with E-state index in [1.54, 1.807) is 25.1 Å². The van der Waals surface area contributed by atoms with Crippen LogP contribution in [-0.4, -0.2) is 35.6 Å². The fourth-order valence-electron chi connectivity index (χ4n) is 2.49. The lowest BCUT2D eigenvalue weighted by Crippen LogP contribution is -2.40. The third kappa shape index (κ3) is 6.60. The van der Waals surface area contributed by atoms with Crippen LogP contribution in [0.25, 0.3) is 0 Å². The average molecular weight is 390 g/mol. The van der Waals surface area contributed by atoms with E-state index in [4.69, 9.17) is 0 Å². The maximum absolute atomic E-state index is 12.9. The molecule has 2 aromatic rings. The van der Waals surface area contributed by atoms with Crippen molar-refractivity contribution in [3.63, 3.8) is 0 Å². The molecule has 0 saturated heterocycles. The summed E-state index contributed by atoms with van der Waals surface area (Å²) in [5.74, 6) is -0.913. The van der Waals surface area contributed by atoms with Crippen molar-refractivity contribution >= 4 is 28.9 Å². The first kappa shape index (κ1) is 20.8. The van der Waals surface area contributed by atoms with Crippen LogP contribution in [0, 0.1) is 12.7 Å². The number of halogens is 1. The van der Waals surface area contributed by atoms with Crippen molar-refractivity contribution in [1.82, 2.24) is 10.2 Å². The number of benzene rings is 1. The quantitative estimate of drug-likeness (QED) is 0.668. The van der Waals surface area contributed by atoms with Gasteiger partial charge in [-0.1, -0.05) is 12.1 Å². The molecule has 0 atom stereocenters. The molecule has 1 aromatic carbocycles. The largest absolute Gasteiger partial charge is 0.350 e. The van der Waals surface area contributed by atoms with Crippen LogP contribution in [0.2, 0.25) is 0 Å². The monoisotopic (exact) mass is 390 g/mol. The first-order valence-corrected chi connectivity index (χ1v) is 9.59. The highest BCUT2D eigenvalue weighted by atomic mass is 32.1. The van der Waals surface area contributed by atoms with Gasteiger partial charge in [-0.3, -0.25) is 14.4 Å². The first-order valence-electron chi connectivity index (χ1n) is 8.77. The Labute approximate surface area is 162 Å². The number of nitrogens with one attached hydrogen (secondary N) is 1. The summed E-state index contributed by atoms with van der Waals surface area (Å²) >= 11 is 1.42. The predicted molar refractivity (Wildman–Crippen MR) is 103 cm³/mol. The van der Waals surface area contributed by atoms with Crippen LogP contribution in [0.15, 0.2) is 36.4 Å². The Morgan fingerprint density at radius 3 is 2.37 bits per heavy atom. The van der Waals surface area contributed by atoms with Crippen molar-refractivity contribution in [3.05, 3.63) is 57.5 Å². The van der Waals surface area contributed by atoms with Crippen LogP contribution in [-0.2, 0) is 16.1 Å². The Bertz CT molecular complexity index is 802. The van der Waals surface area contributed by atoms with E-state index < -0.39 is 0 Å². The smallest absolute Gasteiger partial charge is 0.239 e.